The minimum absolute atomic E-state index is 0.0212. The van der Waals surface area contributed by atoms with Crippen molar-refractivity contribution in [1.29, 1.82) is 0 Å². The Hall–Kier alpha value is -5.07. The van der Waals surface area contributed by atoms with Gasteiger partial charge in [0.1, 0.15) is 23.3 Å². The molecule has 1 aliphatic rings. The van der Waals surface area contributed by atoms with Crippen molar-refractivity contribution in [3.05, 3.63) is 78.5 Å². The summed E-state index contributed by atoms with van der Waals surface area (Å²) in [5, 5.41) is 25.2. The number of halogens is 1. The summed E-state index contributed by atoms with van der Waals surface area (Å²) in [5.74, 6) is -0.910. The summed E-state index contributed by atoms with van der Waals surface area (Å²) in [7, 11) is 0. The van der Waals surface area contributed by atoms with Crippen molar-refractivity contribution in [1.82, 2.24) is 20.3 Å². The molecule has 0 saturated carbocycles. The number of anilines is 4. The van der Waals surface area contributed by atoms with Crippen molar-refractivity contribution in [2.75, 3.05) is 28.6 Å². The average molecular weight is 552 g/mol. The lowest BCUT2D eigenvalue weighted by Crippen LogP contribution is -2.35. The number of hydrogen-bond donors (Lipinski definition) is 5. The van der Waals surface area contributed by atoms with Gasteiger partial charge in [-0.25, -0.2) is 23.9 Å². The minimum atomic E-state index is -1.26. The molecule has 0 aliphatic carbocycles. The number of benzene rings is 1. The maximum atomic E-state index is 13.3. The van der Waals surface area contributed by atoms with Gasteiger partial charge in [0.25, 0.3) is 0 Å². The van der Waals surface area contributed by atoms with E-state index in [4.69, 9.17) is 15.2 Å². The van der Waals surface area contributed by atoms with E-state index in [1.54, 1.807) is 30.7 Å². The van der Waals surface area contributed by atoms with Crippen LogP contribution in [0.5, 0.6) is 0 Å². The summed E-state index contributed by atoms with van der Waals surface area (Å²) in [6.07, 6.45) is 6.85. The number of carbonyl (C=O) groups is 3. The topological polar surface area (TPSA) is 170 Å². The summed E-state index contributed by atoms with van der Waals surface area (Å²) in [5.41, 5.74) is 1.93. The first kappa shape index (κ1) is 29.5. The molecule has 3 heterocycles. The molecule has 12 nitrogen and oxygen atoms in total. The van der Waals surface area contributed by atoms with Gasteiger partial charge in [0.05, 0.1) is 6.20 Å². The Morgan fingerprint density at radius 2 is 1.73 bits per heavy atom. The van der Waals surface area contributed by atoms with E-state index in [0.717, 1.165) is 30.8 Å². The van der Waals surface area contributed by atoms with Gasteiger partial charge in [-0.3, -0.25) is 9.78 Å². The number of pyridine rings is 1. The minimum Gasteiger partial charge on any atom is -0.478 e. The Balaban J connectivity index is 0.000000482. The molecule has 0 radical (unpaired) electrons. The quantitative estimate of drug-likeness (QED) is 0.247. The Labute approximate surface area is 230 Å². The molecule has 1 saturated heterocycles. The molecular weight excluding hydrogens is 521 g/mol. The number of carboxylic acids is 2. The van der Waals surface area contributed by atoms with Gasteiger partial charge in [-0.05, 0) is 31.0 Å². The van der Waals surface area contributed by atoms with Crippen LogP contribution in [0.1, 0.15) is 31.9 Å². The second kappa shape index (κ2) is 14.2. The highest BCUT2D eigenvalue weighted by molar-refractivity contribution is 5.89. The number of aliphatic carboxylic acids is 2. The van der Waals surface area contributed by atoms with Crippen LogP contribution in [0.2, 0.25) is 0 Å². The Bertz CT molecular complexity index is 1320. The van der Waals surface area contributed by atoms with Crippen LogP contribution in [-0.4, -0.2) is 62.1 Å². The molecule has 0 bridgehead atoms. The van der Waals surface area contributed by atoms with Crippen LogP contribution in [0.25, 0.3) is 0 Å². The van der Waals surface area contributed by atoms with E-state index in [9.17, 15) is 18.8 Å². The second-order valence-corrected chi connectivity index (χ2v) is 8.87. The lowest BCUT2D eigenvalue weighted by Gasteiger charge is -2.22. The van der Waals surface area contributed by atoms with Gasteiger partial charge in [-0.15, -0.1) is 0 Å². The predicted molar refractivity (Wildman–Crippen MR) is 147 cm³/mol. The summed E-state index contributed by atoms with van der Waals surface area (Å²) >= 11 is 0. The van der Waals surface area contributed by atoms with Gasteiger partial charge in [-0.1, -0.05) is 12.1 Å². The predicted octanol–water partition coefficient (Wildman–Crippen LogP) is 3.35. The highest BCUT2D eigenvalue weighted by Gasteiger charge is 2.24. The SMILES string of the molecule is CC(=O)N[C@H]1CCN(c2cc(Nc3cnccn3)nc(N[C@@H](C)c3ccc(F)cc3)c2)C1.O=C(O)/C=C\C(=O)O. The number of amides is 1. The fourth-order valence-electron chi connectivity index (χ4n) is 3.93. The molecule has 2 atom stereocenters. The molecule has 2 aromatic heterocycles. The average Bonchev–Trinajstić information content (AvgIpc) is 3.36. The van der Waals surface area contributed by atoms with Gasteiger partial charge in [0, 0.05) is 74.5 Å². The molecule has 40 heavy (non-hydrogen) atoms. The number of carbonyl (C=O) groups excluding carboxylic acids is 1. The van der Waals surface area contributed by atoms with Gasteiger partial charge in [0.2, 0.25) is 5.91 Å². The van der Waals surface area contributed by atoms with E-state index >= 15 is 0 Å². The number of nitrogens with zero attached hydrogens (tertiary/aromatic N) is 4. The van der Waals surface area contributed by atoms with Gasteiger partial charge in [0.15, 0.2) is 0 Å². The van der Waals surface area contributed by atoms with Crippen LogP contribution >= 0.6 is 0 Å². The van der Waals surface area contributed by atoms with Crippen LogP contribution < -0.4 is 20.9 Å². The van der Waals surface area contributed by atoms with Gasteiger partial charge in [-0.2, -0.15) is 0 Å². The highest BCUT2D eigenvalue weighted by Crippen LogP contribution is 2.29. The standard InChI is InChI=1S/C23H26FN7O.C4H4O4/c1-15(17-3-5-18(24)6-4-17)27-21-11-20(31-10-7-19(14-31)28-16(2)32)12-22(29-21)30-23-13-25-8-9-26-23;5-3(6)1-2-4(7)8/h3-6,8-9,11-13,15,19H,7,10,14H2,1-2H3,(H,28,32)(H2,26,27,29,30);1-2H,(H,5,6)(H,7,8)/b;2-1-/t15-,19-;/m0./s1. The maximum absolute atomic E-state index is 13.3. The second-order valence-electron chi connectivity index (χ2n) is 8.87. The molecular formula is C27H30FN7O5. The molecule has 0 unspecified atom stereocenters. The lowest BCUT2D eigenvalue weighted by molar-refractivity contribution is -0.134. The van der Waals surface area contributed by atoms with Crippen LogP contribution in [0.15, 0.2) is 67.1 Å². The van der Waals surface area contributed by atoms with Crippen molar-refractivity contribution < 1.29 is 29.0 Å². The van der Waals surface area contributed by atoms with Gasteiger partial charge < -0.3 is 31.1 Å². The van der Waals surface area contributed by atoms with E-state index < -0.39 is 11.9 Å². The zero-order chi connectivity index (χ0) is 29.1. The zero-order valence-corrected chi connectivity index (χ0v) is 21.9. The highest BCUT2D eigenvalue weighted by atomic mass is 19.1. The smallest absolute Gasteiger partial charge is 0.328 e. The number of carboxylic acid groups (broad SMARTS) is 2. The number of rotatable bonds is 9. The fourth-order valence-corrected chi connectivity index (χ4v) is 3.93. The van der Waals surface area contributed by atoms with E-state index in [2.05, 4.69) is 30.8 Å². The Kier molecular flexibility index (Phi) is 10.5. The zero-order valence-electron chi connectivity index (χ0n) is 21.9. The van der Waals surface area contributed by atoms with Crippen LogP contribution in [0.3, 0.4) is 0 Å². The fraction of sp³-hybridized carbons (Fsp3) is 0.259. The van der Waals surface area contributed by atoms with Crippen LogP contribution in [-0.2, 0) is 14.4 Å². The summed E-state index contributed by atoms with van der Waals surface area (Å²) in [6.45, 7) is 5.09. The first-order valence-corrected chi connectivity index (χ1v) is 12.3. The molecule has 0 spiro atoms. The number of nitrogens with one attached hydrogen (secondary N) is 3. The summed E-state index contributed by atoms with van der Waals surface area (Å²) < 4.78 is 13.3. The number of aromatic nitrogens is 3. The number of hydrogen-bond acceptors (Lipinski definition) is 9. The third-order valence-corrected chi connectivity index (χ3v) is 5.69. The monoisotopic (exact) mass is 551 g/mol. The van der Waals surface area contributed by atoms with Crippen LogP contribution in [0, 0.1) is 5.82 Å². The largest absolute Gasteiger partial charge is 0.478 e. The molecule has 3 aromatic rings. The third-order valence-electron chi connectivity index (χ3n) is 5.69. The normalized spacial score (nSPS) is 15.1. The van der Waals surface area contributed by atoms with E-state index in [-0.39, 0.29) is 23.8 Å². The van der Waals surface area contributed by atoms with Crippen LogP contribution in [0.4, 0.5) is 27.5 Å². The Morgan fingerprint density at radius 1 is 1.05 bits per heavy atom. The first-order valence-electron chi connectivity index (χ1n) is 12.3. The molecule has 13 heteroatoms. The van der Waals surface area contributed by atoms with Crippen molar-refractivity contribution in [3.63, 3.8) is 0 Å². The summed E-state index contributed by atoms with van der Waals surface area (Å²) in [4.78, 5) is 45.8. The molecule has 5 N–H and O–H groups in total. The van der Waals surface area contributed by atoms with Crippen molar-refractivity contribution in [2.24, 2.45) is 0 Å². The van der Waals surface area contributed by atoms with E-state index in [0.29, 0.717) is 29.6 Å². The molecule has 4 rings (SSSR count). The van der Waals surface area contributed by atoms with E-state index in [1.165, 1.54) is 19.1 Å². The van der Waals surface area contributed by atoms with Crippen molar-refractivity contribution >= 4 is 41.0 Å². The Morgan fingerprint density at radius 3 is 2.33 bits per heavy atom. The van der Waals surface area contributed by atoms with E-state index in [1.807, 2.05) is 19.1 Å². The molecule has 1 aromatic carbocycles. The molecule has 210 valence electrons. The summed E-state index contributed by atoms with van der Waals surface area (Å²) in [6, 6.07) is 10.4. The molecule has 1 fully saturated rings. The third kappa shape index (κ3) is 9.67. The van der Waals surface area contributed by atoms with Crippen molar-refractivity contribution in [2.45, 2.75) is 32.4 Å². The van der Waals surface area contributed by atoms with Gasteiger partial charge >= 0.3 is 11.9 Å². The first-order chi connectivity index (χ1) is 19.1. The molecule has 1 aliphatic heterocycles. The molecule has 1 amide bonds. The lowest BCUT2D eigenvalue weighted by atomic mass is 10.1. The van der Waals surface area contributed by atoms with Crippen molar-refractivity contribution in [3.8, 4) is 0 Å². The maximum Gasteiger partial charge on any atom is 0.328 e.